The molecule has 0 radical (unpaired) electrons. The number of amides is 1. The van der Waals surface area contributed by atoms with Crippen LogP contribution in [0, 0.1) is 23.0 Å². The molecule has 1 unspecified atom stereocenters. The third-order valence-electron chi connectivity index (χ3n) is 5.09. The fraction of sp³-hybridized carbons (Fsp3) is 0.579. The molecule has 28 heavy (non-hydrogen) atoms. The van der Waals surface area contributed by atoms with E-state index in [1.54, 1.807) is 4.90 Å². The molecule has 0 spiro atoms. The Hall–Kier alpha value is -2.68. The molecule has 2 aliphatic heterocycles. The Morgan fingerprint density at radius 2 is 2.14 bits per heavy atom. The van der Waals surface area contributed by atoms with E-state index in [0.29, 0.717) is 26.2 Å². The van der Waals surface area contributed by atoms with Gasteiger partial charge in [0, 0.05) is 19.0 Å². The third kappa shape index (κ3) is 4.78. The number of hydrazone groups is 1. The summed E-state index contributed by atoms with van der Waals surface area (Å²) in [5.41, 5.74) is 1.71. The maximum absolute atomic E-state index is 12.6. The molecule has 2 saturated heterocycles. The van der Waals surface area contributed by atoms with Crippen molar-refractivity contribution in [3.8, 4) is 0 Å². The van der Waals surface area contributed by atoms with Gasteiger partial charge in [-0.15, -0.1) is 0 Å². The lowest BCUT2D eigenvalue weighted by molar-refractivity contribution is -0.486. The molecule has 152 valence electrons. The number of carbonyl (C=O) groups excluding carboxylic acids is 1. The van der Waals surface area contributed by atoms with Crippen molar-refractivity contribution in [3.63, 3.8) is 0 Å². The zero-order valence-corrected chi connectivity index (χ0v) is 16.5. The van der Waals surface area contributed by atoms with Crippen molar-refractivity contribution in [2.75, 3.05) is 26.2 Å². The summed E-state index contributed by atoms with van der Waals surface area (Å²) in [6, 6.07) is 7.60. The number of hydrogen-bond acceptors (Lipinski definition) is 5. The Labute approximate surface area is 164 Å². The van der Waals surface area contributed by atoms with Gasteiger partial charge in [-0.05, 0) is 38.3 Å². The Kier molecular flexibility index (Phi) is 5.83. The van der Waals surface area contributed by atoms with Crippen LogP contribution in [0.1, 0.15) is 31.4 Å². The fourth-order valence-corrected chi connectivity index (χ4v) is 3.70. The lowest BCUT2D eigenvalue weighted by atomic mass is 9.97. The number of carbonyl (C=O) groups is 1. The summed E-state index contributed by atoms with van der Waals surface area (Å²) >= 11 is 0. The average Bonchev–Trinajstić information content (AvgIpc) is 3.16. The molecule has 1 aromatic rings. The van der Waals surface area contributed by atoms with Crippen molar-refractivity contribution in [2.24, 2.45) is 11.0 Å². The number of nitro groups is 1. The molecular weight excluding hydrogens is 364 g/mol. The van der Waals surface area contributed by atoms with Crippen LogP contribution in [-0.4, -0.2) is 58.7 Å². The standard InChI is InChI=1S/C19H26N4O5/c1-14-6-4-5-7-16(14)13-27-18(24)22-9-8-21(17(22)20-23(25)26)11-15-10-19(2,3)28-12-15/h4-7,15H,8-13H2,1-3H3. The number of benzene rings is 1. The monoisotopic (exact) mass is 390 g/mol. The zero-order valence-electron chi connectivity index (χ0n) is 16.5. The van der Waals surface area contributed by atoms with E-state index >= 15 is 0 Å². The number of aryl methyl sites for hydroxylation is 1. The lowest BCUT2D eigenvalue weighted by Gasteiger charge is -2.22. The Balaban J connectivity index is 1.66. The normalized spacial score (nSPS) is 22.7. The van der Waals surface area contributed by atoms with E-state index in [2.05, 4.69) is 5.10 Å². The van der Waals surface area contributed by atoms with Crippen LogP contribution in [0.25, 0.3) is 0 Å². The molecule has 9 heteroatoms. The predicted octanol–water partition coefficient (Wildman–Crippen LogP) is 2.61. The van der Waals surface area contributed by atoms with Crippen LogP contribution in [0.5, 0.6) is 0 Å². The highest BCUT2D eigenvalue weighted by molar-refractivity contribution is 5.95. The van der Waals surface area contributed by atoms with Gasteiger partial charge < -0.3 is 14.4 Å². The highest BCUT2D eigenvalue weighted by Crippen LogP contribution is 2.30. The molecule has 0 saturated carbocycles. The predicted molar refractivity (Wildman–Crippen MR) is 102 cm³/mol. The van der Waals surface area contributed by atoms with Crippen LogP contribution in [0.15, 0.2) is 29.4 Å². The highest BCUT2D eigenvalue weighted by atomic mass is 16.7. The van der Waals surface area contributed by atoms with Crippen LogP contribution < -0.4 is 0 Å². The first-order chi connectivity index (χ1) is 13.2. The first kappa shape index (κ1) is 20.1. The van der Waals surface area contributed by atoms with Crippen molar-refractivity contribution in [3.05, 3.63) is 45.5 Å². The van der Waals surface area contributed by atoms with Gasteiger partial charge in [-0.2, -0.15) is 0 Å². The van der Waals surface area contributed by atoms with Gasteiger partial charge in [0.15, 0.2) is 5.03 Å². The highest BCUT2D eigenvalue weighted by Gasteiger charge is 2.39. The number of rotatable bonds is 5. The van der Waals surface area contributed by atoms with E-state index < -0.39 is 11.1 Å². The van der Waals surface area contributed by atoms with Gasteiger partial charge in [-0.3, -0.25) is 0 Å². The van der Waals surface area contributed by atoms with Gasteiger partial charge in [-0.25, -0.2) is 19.8 Å². The minimum atomic E-state index is -0.773. The zero-order chi connectivity index (χ0) is 20.3. The fourth-order valence-electron chi connectivity index (χ4n) is 3.70. The summed E-state index contributed by atoms with van der Waals surface area (Å²) in [5, 5.41) is 13.7. The van der Waals surface area contributed by atoms with Crippen molar-refractivity contribution in [1.29, 1.82) is 0 Å². The maximum Gasteiger partial charge on any atom is 0.417 e. The lowest BCUT2D eigenvalue weighted by Crippen LogP contribution is -2.40. The van der Waals surface area contributed by atoms with Gasteiger partial charge in [0.2, 0.25) is 0 Å². The number of ether oxygens (including phenoxy) is 2. The van der Waals surface area contributed by atoms with Gasteiger partial charge in [-0.1, -0.05) is 24.3 Å². The summed E-state index contributed by atoms with van der Waals surface area (Å²) < 4.78 is 11.1. The summed E-state index contributed by atoms with van der Waals surface area (Å²) in [6.45, 7) is 8.02. The Bertz CT molecular complexity index is 779. The molecule has 1 atom stereocenters. The van der Waals surface area contributed by atoms with Crippen LogP contribution in [0.3, 0.4) is 0 Å². The quantitative estimate of drug-likeness (QED) is 0.566. The van der Waals surface area contributed by atoms with Gasteiger partial charge >= 0.3 is 6.09 Å². The molecule has 2 heterocycles. The van der Waals surface area contributed by atoms with E-state index in [1.807, 2.05) is 45.0 Å². The molecule has 1 amide bonds. The molecule has 2 fully saturated rings. The minimum Gasteiger partial charge on any atom is -0.444 e. The second kappa shape index (κ2) is 8.14. The van der Waals surface area contributed by atoms with Gasteiger partial charge in [0.1, 0.15) is 11.7 Å². The Morgan fingerprint density at radius 1 is 1.39 bits per heavy atom. The first-order valence-corrected chi connectivity index (χ1v) is 9.36. The average molecular weight is 390 g/mol. The Morgan fingerprint density at radius 3 is 2.79 bits per heavy atom. The van der Waals surface area contributed by atoms with Crippen LogP contribution in [-0.2, 0) is 16.1 Å². The van der Waals surface area contributed by atoms with E-state index in [9.17, 15) is 14.9 Å². The number of nitrogens with zero attached hydrogens (tertiary/aromatic N) is 4. The van der Waals surface area contributed by atoms with E-state index in [1.165, 1.54) is 4.90 Å². The van der Waals surface area contributed by atoms with Crippen molar-refractivity contribution in [1.82, 2.24) is 9.80 Å². The molecule has 2 aliphatic rings. The number of guanidine groups is 1. The largest absolute Gasteiger partial charge is 0.444 e. The molecule has 1 aromatic carbocycles. The molecule has 0 bridgehead atoms. The topological polar surface area (TPSA) is 97.5 Å². The van der Waals surface area contributed by atoms with Gasteiger partial charge in [0.05, 0.1) is 18.8 Å². The van der Waals surface area contributed by atoms with Crippen molar-refractivity contribution in [2.45, 2.75) is 39.4 Å². The molecular formula is C19H26N4O5. The van der Waals surface area contributed by atoms with Crippen molar-refractivity contribution < 1.29 is 19.3 Å². The summed E-state index contributed by atoms with van der Waals surface area (Å²) in [6.07, 6.45) is 0.224. The van der Waals surface area contributed by atoms with E-state index in [0.717, 1.165) is 17.5 Å². The second-order valence-corrected chi connectivity index (χ2v) is 7.86. The first-order valence-electron chi connectivity index (χ1n) is 9.36. The van der Waals surface area contributed by atoms with E-state index in [-0.39, 0.29) is 24.1 Å². The summed E-state index contributed by atoms with van der Waals surface area (Å²) in [4.78, 5) is 26.6. The number of hydrogen-bond donors (Lipinski definition) is 0. The molecule has 3 rings (SSSR count). The van der Waals surface area contributed by atoms with Crippen LogP contribution in [0.4, 0.5) is 4.79 Å². The smallest absolute Gasteiger partial charge is 0.417 e. The second-order valence-electron chi connectivity index (χ2n) is 7.86. The van der Waals surface area contributed by atoms with Crippen LogP contribution >= 0.6 is 0 Å². The van der Waals surface area contributed by atoms with E-state index in [4.69, 9.17) is 9.47 Å². The van der Waals surface area contributed by atoms with Crippen molar-refractivity contribution >= 4 is 12.1 Å². The SMILES string of the molecule is Cc1ccccc1COC(=O)N1CCN(CC2COC(C)(C)C2)C1=N[N+](=O)[O-]. The van der Waals surface area contributed by atoms with Gasteiger partial charge in [0.25, 0.3) is 5.96 Å². The molecule has 0 aliphatic carbocycles. The molecule has 0 N–H and O–H groups in total. The molecule has 9 nitrogen and oxygen atoms in total. The maximum atomic E-state index is 12.6. The third-order valence-corrected chi connectivity index (χ3v) is 5.09. The summed E-state index contributed by atoms with van der Waals surface area (Å²) in [7, 11) is 0. The summed E-state index contributed by atoms with van der Waals surface area (Å²) in [5.74, 6) is 0.263. The van der Waals surface area contributed by atoms with Crippen LogP contribution in [0.2, 0.25) is 0 Å². The molecule has 0 aromatic heterocycles. The minimum absolute atomic E-state index is 0.0319.